The van der Waals surface area contributed by atoms with Crippen molar-refractivity contribution < 1.29 is 4.79 Å². The van der Waals surface area contributed by atoms with Crippen LogP contribution >= 0.6 is 15.9 Å². The molecule has 1 saturated heterocycles. The minimum Gasteiger partial charge on any atom is -0.328 e. The van der Waals surface area contributed by atoms with Gasteiger partial charge in [0.05, 0.1) is 6.54 Å². The fourth-order valence-electron chi connectivity index (χ4n) is 2.16. The highest BCUT2D eigenvalue weighted by Gasteiger charge is 2.18. The van der Waals surface area contributed by atoms with Crippen molar-refractivity contribution in [2.75, 3.05) is 25.0 Å². The molecule has 3 N–H and O–H groups in total. The van der Waals surface area contributed by atoms with Gasteiger partial charge in [0.25, 0.3) is 0 Å². The third-order valence-corrected chi connectivity index (χ3v) is 3.74. The number of rotatable bonds is 3. The number of carbonyl (C=O) groups excluding carboxylic acids is 1. The Bertz CT molecular complexity index is 458. The highest BCUT2D eigenvalue weighted by Crippen LogP contribution is 2.16. The Morgan fingerprint density at radius 1 is 1.58 bits per heavy atom. The van der Waals surface area contributed by atoms with Gasteiger partial charge in [-0.2, -0.15) is 0 Å². The van der Waals surface area contributed by atoms with Crippen LogP contribution in [-0.2, 0) is 4.79 Å². The van der Waals surface area contributed by atoms with Crippen molar-refractivity contribution in [3.63, 3.8) is 0 Å². The summed E-state index contributed by atoms with van der Waals surface area (Å²) in [6, 6.07) is 2.22. The zero-order valence-electron chi connectivity index (χ0n) is 11.0. The second-order valence-electron chi connectivity index (χ2n) is 4.98. The van der Waals surface area contributed by atoms with Gasteiger partial charge in [0.1, 0.15) is 5.82 Å². The topological polar surface area (TPSA) is 71.2 Å². The maximum absolute atomic E-state index is 12.0. The molecule has 1 aromatic heterocycles. The number of halogens is 1. The second-order valence-corrected chi connectivity index (χ2v) is 5.90. The summed E-state index contributed by atoms with van der Waals surface area (Å²) in [5.74, 6) is 0.607. The number of hydrogen-bond acceptors (Lipinski definition) is 4. The van der Waals surface area contributed by atoms with E-state index in [9.17, 15) is 4.79 Å². The molecule has 6 heteroatoms. The van der Waals surface area contributed by atoms with Crippen LogP contribution < -0.4 is 11.1 Å². The van der Waals surface area contributed by atoms with Gasteiger partial charge in [-0.25, -0.2) is 4.98 Å². The predicted octanol–water partition coefficient (Wildman–Crippen LogP) is 1.51. The minimum atomic E-state index is -0.0200. The minimum absolute atomic E-state index is 0.0200. The molecule has 2 rings (SSSR count). The van der Waals surface area contributed by atoms with Gasteiger partial charge in [0.2, 0.25) is 5.91 Å². The van der Waals surface area contributed by atoms with E-state index in [1.165, 1.54) is 0 Å². The molecule has 1 aliphatic heterocycles. The van der Waals surface area contributed by atoms with Gasteiger partial charge in [-0.1, -0.05) is 0 Å². The number of likely N-dealkylation sites (tertiary alicyclic amines) is 1. The number of piperidine rings is 1. The van der Waals surface area contributed by atoms with E-state index in [0.29, 0.717) is 12.4 Å². The number of aromatic nitrogens is 1. The first-order valence-corrected chi connectivity index (χ1v) is 7.24. The van der Waals surface area contributed by atoms with E-state index >= 15 is 0 Å². The highest BCUT2D eigenvalue weighted by molar-refractivity contribution is 9.10. The van der Waals surface area contributed by atoms with Crippen LogP contribution in [-0.4, -0.2) is 41.5 Å². The van der Waals surface area contributed by atoms with Gasteiger partial charge >= 0.3 is 0 Å². The summed E-state index contributed by atoms with van der Waals surface area (Å²) in [6.45, 7) is 4.11. The van der Waals surface area contributed by atoms with Gasteiger partial charge in [0, 0.05) is 29.8 Å². The smallest absolute Gasteiger partial charge is 0.239 e. The number of aryl methyl sites for hydroxylation is 1. The third-order valence-electron chi connectivity index (χ3n) is 3.30. The van der Waals surface area contributed by atoms with E-state index in [0.717, 1.165) is 36.0 Å². The molecule has 1 fully saturated rings. The van der Waals surface area contributed by atoms with Crippen LogP contribution in [0.5, 0.6) is 0 Å². The number of nitrogens with one attached hydrogen (secondary N) is 1. The van der Waals surface area contributed by atoms with Crippen molar-refractivity contribution in [3.8, 4) is 0 Å². The normalized spacial score (nSPS) is 17.4. The van der Waals surface area contributed by atoms with Crippen LogP contribution in [0.25, 0.3) is 0 Å². The van der Waals surface area contributed by atoms with Gasteiger partial charge in [-0.05, 0) is 47.3 Å². The van der Waals surface area contributed by atoms with E-state index in [2.05, 4.69) is 31.1 Å². The Morgan fingerprint density at radius 3 is 2.89 bits per heavy atom. The predicted molar refractivity (Wildman–Crippen MR) is 79.0 cm³/mol. The zero-order chi connectivity index (χ0) is 13.8. The molecule has 19 heavy (non-hydrogen) atoms. The summed E-state index contributed by atoms with van der Waals surface area (Å²) in [7, 11) is 0. The van der Waals surface area contributed by atoms with E-state index in [1.807, 2.05) is 13.0 Å². The Morgan fingerprint density at radius 2 is 2.26 bits per heavy atom. The van der Waals surface area contributed by atoms with Crippen LogP contribution in [0.2, 0.25) is 0 Å². The average Bonchev–Trinajstić information content (AvgIpc) is 2.36. The Hall–Kier alpha value is -0.980. The van der Waals surface area contributed by atoms with Crippen LogP contribution in [0.4, 0.5) is 5.82 Å². The monoisotopic (exact) mass is 326 g/mol. The van der Waals surface area contributed by atoms with Crippen molar-refractivity contribution in [1.29, 1.82) is 0 Å². The molecule has 104 valence electrons. The standard InChI is InChI=1S/C13H19BrN4O/c1-9-6-10(14)7-16-13(9)17-12(19)8-18-4-2-11(15)3-5-18/h6-7,11H,2-5,8,15H2,1H3,(H,16,17,19). The summed E-state index contributed by atoms with van der Waals surface area (Å²) in [5, 5.41) is 2.85. The highest BCUT2D eigenvalue weighted by atomic mass is 79.9. The molecule has 0 unspecified atom stereocenters. The molecule has 1 aromatic rings. The first-order valence-electron chi connectivity index (χ1n) is 6.44. The first kappa shape index (κ1) is 14.4. The number of hydrogen-bond donors (Lipinski definition) is 2. The summed E-state index contributed by atoms with van der Waals surface area (Å²) < 4.78 is 0.910. The molecule has 0 radical (unpaired) electrons. The summed E-state index contributed by atoms with van der Waals surface area (Å²) >= 11 is 3.35. The fraction of sp³-hybridized carbons (Fsp3) is 0.538. The summed E-state index contributed by atoms with van der Waals surface area (Å²) in [6.07, 6.45) is 3.61. The zero-order valence-corrected chi connectivity index (χ0v) is 12.6. The van der Waals surface area contributed by atoms with Crippen LogP contribution in [0.3, 0.4) is 0 Å². The number of pyridine rings is 1. The molecule has 1 amide bonds. The molecule has 0 bridgehead atoms. The number of nitrogens with two attached hydrogens (primary N) is 1. The van der Waals surface area contributed by atoms with E-state index < -0.39 is 0 Å². The van der Waals surface area contributed by atoms with Crippen molar-refractivity contribution in [3.05, 3.63) is 22.3 Å². The van der Waals surface area contributed by atoms with E-state index in [4.69, 9.17) is 5.73 Å². The molecule has 0 aromatic carbocycles. The van der Waals surface area contributed by atoms with Crippen LogP contribution in [0.15, 0.2) is 16.7 Å². The molecule has 0 atom stereocenters. The largest absolute Gasteiger partial charge is 0.328 e. The van der Waals surface area contributed by atoms with Crippen molar-refractivity contribution in [2.24, 2.45) is 5.73 Å². The Balaban J connectivity index is 1.87. The van der Waals surface area contributed by atoms with Crippen LogP contribution in [0.1, 0.15) is 18.4 Å². The van der Waals surface area contributed by atoms with Gasteiger partial charge in [-0.15, -0.1) is 0 Å². The van der Waals surface area contributed by atoms with Crippen LogP contribution in [0, 0.1) is 6.92 Å². The SMILES string of the molecule is Cc1cc(Br)cnc1NC(=O)CN1CCC(N)CC1. The molecule has 0 spiro atoms. The fourth-order valence-corrected chi connectivity index (χ4v) is 2.60. The molecule has 1 aliphatic rings. The average molecular weight is 327 g/mol. The molecule has 0 saturated carbocycles. The Kier molecular flexibility index (Phi) is 4.90. The lowest BCUT2D eigenvalue weighted by Gasteiger charge is -2.29. The Labute approximate surface area is 121 Å². The van der Waals surface area contributed by atoms with E-state index in [1.54, 1.807) is 6.20 Å². The van der Waals surface area contributed by atoms with Crippen molar-refractivity contribution in [2.45, 2.75) is 25.8 Å². The first-order chi connectivity index (χ1) is 9.04. The van der Waals surface area contributed by atoms with Gasteiger partial charge < -0.3 is 11.1 Å². The number of nitrogens with zero attached hydrogens (tertiary/aromatic N) is 2. The lowest BCUT2D eigenvalue weighted by Crippen LogP contribution is -2.43. The summed E-state index contributed by atoms with van der Waals surface area (Å²) in [4.78, 5) is 18.3. The molecule has 5 nitrogen and oxygen atoms in total. The van der Waals surface area contributed by atoms with Crippen molar-refractivity contribution >= 4 is 27.7 Å². The maximum Gasteiger partial charge on any atom is 0.239 e. The number of amides is 1. The molecular formula is C13H19BrN4O. The third kappa shape index (κ3) is 4.26. The summed E-state index contributed by atoms with van der Waals surface area (Å²) in [5.41, 5.74) is 6.79. The number of anilines is 1. The lowest BCUT2D eigenvalue weighted by atomic mass is 10.1. The number of carbonyl (C=O) groups is 1. The maximum atomic E-state index is 12.0. The van der Waals surface area contributed by atoms with Crippen molar-refractivity contribution in [1.82, 2.24) is 9.88 Å². The lowest BCUT2D eigenvalue weighted by molar-refractivity contribution is -0.117. The van der Waals surface area contributed by atoms with Gasteiger partial charge in [-0.3, -0.25) is 9.69 Å². The molecular weight excluding hydrogens is 308 g/mol. The quantitative estimate of drug-likeness (QED) is 0.883. The molecule has 2 heterocycles. The second kappa shape index (κ2) is 6.45. The van der Waals surface area contributed by atoms with Gasteiger partial charge in [0.15, 0.2) is 0 Å². The molecule has 0 aliphatic carbocycles. The van der Waals surface area contributed by atoms with E-state index in [-0.39, 0.29) is 11.9 Å².